The van der Waals surface area contributed by atoms with E-state index in [-0.39, 0.29) is 30.2 Å². The first-order valence-corrected chi connectivity index (χ1v) is 11.7. The normalized spacial score (nSPS) is 22.4. The Labute approximate surface area is 188 Å². The van der Waals surface area contributed by atoms with E-state index >= 15 is 0 Å². The van der Waals surface area contributed by atoms with Crippen molar-refractivity contribution in [2.24, 2.45) is 0 Å². The summed E-state index contributed by atoms with van der Waals surface area (Å²) in [5.74, 6) is 0.855. The molecular formula is C23H33N5O4. The molecule has 1 spiro atoms. The van der Waals surface area contributed by atoms with Gasteiger partial charge in [0, 0.05) is 38.2 Å². The van der Waals surface area contributed by atoms with Crippen molar-refractivity contribution in [2.75, 3.05) is 26.2 Å². The van der Waals surface area contributed by atoms with Crippen LogP contribution in [0.15, 0.2) is 6.20 Å². The molecule has 4 heterocycles. The molecule has 1 N–H and O–H groups in total. The van der Waals surface area contributed by atoms with Crippen molar-refractivity contribution in [1.29, 1.82) is 0 Å². The predicted octanol–water partition coefficient (Wildman–Crippen LogP) is 2.10. The van der Waals surface area contributed by atoms with Crippen molar-refractivity contribution in [2.45, 2.75) is 76.9 Å². The first-order valence-electron chi connectivity index (χ1n) is 11.7. The van der Waals surface area contributed by atoms with E-state index in [1.54, 1.807) is 0 Å². The molecule has 0 radical (unpaired) electrons. The van der Waals surface area contributed by atoms with Gasteiger partial charge in [0.1, 0.15) is 17.5 Å². The van der Waals surface area contributed by atoms with Gasteiger partial charge in [0.2, 0.25) is 5.91 Å². The highest BCUT2D eigenvalue weighted by Gasteiger charge is 2.44. The first-order chi connectivity index (χ1) is 15.3. The van der Waals surface area contributed by atoms with Crippen LogP contribution in [0.4, 0.5) is 4.79 Å². The van der Waals surface area contributed by atoms with Gasteiger partial charge in [-0.25, -0.2) is 14.8 Å². The van der Waals surface area contributed by atoms with Crippen LogP contribution < -0.4 is 5.32 Å². The van der Waals surface area contributed by atoms with Crippen LogP contribution in [-0.4, -0.2) is 69.9 Å². The number of carbonyl (C=O) groups excluding carboxylic acids is 3. The van der Waals surface area contributed by atoms with Gasteiger partial charge in [-0.05, 0) is 37.7 Å². The highest BCUT2D eigenvalue weighted by molar-refractivity contribution is 6.04. The van der Waals surface area contributed by atoms with Gasteiger partial charge in [0.05, 0.1) is 12.3 Å². The number of amides is 4. The Morgan fingerprint density at radius 3 is 2.75 bits per heavy atom. The third-order valence-electron chi connectivity index (χ3n) is 6.71. The van der Waals surface area contributed by atoms with Gasteiger partial charge in [-0.2, -0.15) is 0 Å². The number of imide groups is 1. The maximum atomic E-state index is 12.8. The van der Waals surface area contributed by atoms with E-state index in [1.807, 2.05) is 18.0 Å². The van der Waals surface area contributed by atoms with Crippen LogP contribution in [0.3, 0.4) is 0 Å². The number of urea groups is 1. The maximum absolute atomic E-state index is 12.8. The number of fused-ring (bicyclic) bond motifs is 2. The number of hydrogen-bond acceptors (Lipinski definition) is 6. The Morgan fingerprint density at radius 2 is 2.06 bits per heavy atom. The fourth-order valence-corrected chi connectivity index (χ4v) is 4.83. The van der Waals surface area contributed by atoms with Crippen LogP contribution in [-0.2, 0) is 26.3 Å². The van der Waals surface area contributed by atoms with Crippen molar-refractivity contribution in [3.8, 4) is 0 Å². The number of carbonyl (C=O) groups is 3. The number of ether oxygens (including phenoxy) is 1. The van der Waals surface area contributed by atoms with Gasteiger partial charge in [0.25, 0.3) is 5.91 Å². The minimum atomic E-state index is -0.603. The molecule has 0 aliphatic carbocycles. The highest BCUT2D eigenvalue weighted by atomic mass is 16.5. The Bertz CT molecular complexity index is 894. The molecular weight excluding hydrogens is 410 g/mol. The maximum Gasteiger partial charge on any atom is 0.324 e. The zero-order valence-corrected chi connectivity index (χ0v) is 19.2. The molecule has 1 aromatic rings. The third-order valence-corrected chi connectivity index (χ3v) is 6.71. The molecule has 0 aromatic carbocycles. The molecule has 2 fully saturated rings. The lowest BCUT2D eigenvalue weighted by Gasteiger charge is -2.44. The molecule has 1 unspecified atom stereocenters. The van der Waals surface area contributed by atoms with Crippen molar-refractivity contribution >= 4 is 17.8 Å². The highest BCUT2D eigenvalue weighted by Crippen LogP contribution is 2.40. The fourth-order valence-electron chi connectivity index (χ4n) is 4.83. The average molecular weight is 444 g/mol. The van der Waals surface area contributed by atoms with Gasteiger partial charge < -0.3 is 15.0 Å². The van der Waals surface area contributed by atoms with Crippen LogP contribution in [0.5, 0.6) is 0 Å². The second kappa shape index (κ2) is 9.13. The topological polar surface area (TPSA) is 105 Å². The summed E-state index contributed by atoms with van der Waals surface area (Å²) < 4.78 is 6.27. The monoisotopic (exact) mass is 443 g/mol. The zero-order valence-electron chi connectivity index (χ0n) is 19.2. The van der Waals surface area contributed by atoms with Gasteiger partial charge in [-0.3, -0.25) is 14.5 Å². The Morgan fingerprint density at radius 1 is 1.31 bits per heavy atom. The summed E-state index contributed by atoms with van der Waals surface area (Å²) in [5, 5.41) is 2.70. The molecule has 1 atom stereocenters. The molecule has 32 heavy (non-hydrogen) atoms. The number of nitrogens with one attached hydrogen (secondary N) is 1. The Hall–Kier alpha value is -2.55. The first kappa shape index (κ1) is 22.6. The van der Waals surface area contributed by atoms with E-state index in [0.717, 1.165) is 29.9 Å². The molecule has 9 heteroatoms. The molecule has 9 nitrogen and oxygen atoms in total. The molecule has 0 bridgehead atoms. The number of aromatic nitrogens is 2. The zero-order chi connectivity index (χ0) is 22.9. The molecule has 3 aliphatic heterocycles. The number of rotatable bonds is 6. The molecule has 4 rings (SSSR count). The summed E-state index contributed by atoms with van der Waals surface area (Å²) >= 11 is 0. The van der Waals surface area contributed by atoms with Gasteiger partial charge >= 0.3 is 6.03 Å². The number of piperidine rings is 1. The molecule has 2 saturated heterocycles. The number of nitrogens with zero attached hydrogens (tertiary/aromatic N) is 4. The van der Waals surface area contributed by atoms with Crippen LogP contribution in [0.1, 0.15) is 75.9 Å². The van der Waals surface area contributed by atoms with Gasteiger partial charge in [-0.15, -0.1) is 0 Å². The smallest absolute Gasteiger partial charge is 0.324 e. The van der Waals surface area contributed by atoms with Crippen LogP contribution >= 0.6 is 0 Å². The van der Waals surface area contributed by atoms with E-state index in [4.69, 9.17) is 9.72 Å². The number of likely N-dealkylation sites (tertiary alicyclic amines) is 1. The molecule has 174 valence electrons. The van der Waals surface area contributed by atoms with E-state index in [0.29, 0.717) is 45.5 Å². The minimum Gasteiger partial charge on any atom is -0.368 e. The van der Waals surface area contributed by atoms with Crippen molar-refractivity contribution < 1.29 is 19.1 Å². The summed E-state index contributed by atoms with van der Waals surface area (Å²) in [6, 6.07) is -0.959. The molecule has 0 saturated carbocycles. The summed E-state index contributed by atoms with van der Waals surface area (Å²) in [6.07, 6.45) is 5.43. The average Bonchev–Trinajstić information content (AvgIpc) is 3.06. The summed E-state index contributed by atoms with van der Waals surface area (Å²) in [7, 11) is 0. The lowest BCUT2D eigenvalue weighted by molar-refractivity contribution is -0.141. The lowest BCUT2D eigenvalue weighted by atomic mass is 9.83. The largest absolute Gasteiger partial charge is 0.368 e. The SMILES string of the molecule is CCCN1C(=O)NC(CCC(=O)N2CCC3(CC2)OCCc2cnc(C(C)C)nc23)C1=O. The quantitative estimate of drug-likeness (QED) is 0.675. The van der Waals surface area contributed by atoms with Gasteiger partial charge in [0.15, 0.2) is 0 Å². The summed E-state index contributed by atoms with van der Waals surface area (Å²) in [4.78, 5) is 49.6. The van der Waals surface area contributed by atoms with Crippen LogP contribution in [0, 0.1) is 0 Å². The summed E-state index contributed by atoms with van der Waals surface area (Å²) in [5.41, 5.74) is 1.69. The van der Waals surface area contributed by atoms with Crippen LogP contribution in [0.25, 0.3) is 0 Å². The predicted molar refractivity (Wildman–Crippen MR) is 117 cm³/mol. The fraction of sp³-hybridized carbons (Fsp3) is 0.696. The Balaban J connectivity index is 1.36. The van der Waals surface area contributed by atoms with E-state index in [1.165, 1.54) is 4.90 Å². The van der Waals surface area contributed by atoms with E-state index < -0.39 is 11.6 Å². The van der Waals surface area contributed by atoms with Crippen molar-refractivity contribution in [3.05, 3.63) is 23.3 Å². The van der Waals surface area contributed by atoms with E-state index in [2.05, 4.69) is 24.1 Å². The molecule has 4 amide bonds. The molecule has 1 aromatic heterocycles. The summed E-state index contributed by atoms with van der Waals surface area (Å²) in [6.45, 7) is 8.32. The van der Waals surface area contributed by atoms with Crippen molar-refractivity contribution in [1.82, 2.24) is 25.1 Å². The molecule has 3 aliphatic rings. The van der Waals surface area contributed by atoms with Crippen molar-refractivity contribution in [3.63, 3.8) is 0 Å². The third kappa shape index (κ3) is 4.22. The minimum absolute atomic E-state index is 0.0115. The van der Waals surface area contributed by atoms with Gasteiger partial charge in [-0.1, -0.05) is 20.8 Å². The van der Waals surface area contributed by atoms with E-state index in [9.17, 15) is 14.4 Å². The Kier molecular flexibility index (Phi) is 6.46. The van der Waals surface area contributed by atoms with Crippen LogP contribution in [0.2, 0.25) is 0 Å². The number of hydrogen-bond donors (Lipinski definition) is 1. The second-order valence-electron chi connectivity index (χ2n) is 9.26. The second-order valence-corrected chi connectivity index (χ2v) is 9.26. The lowest BCUT2D eigenvalue weighted by Crippen LogP contribution is -2.49. The standard InChI is InChI=1S/C23H33N5O4/c1-4-10-28-21(30)17(25-22(28)31)5-6-18(29)27-11-8-23(9-12-27)19-16(7-13-32-23)14-24-20(26-19)15(2)3/h14-15,17H,4-13H2,1-3H3,(H,25,31).